The molecule has 126 valence electrons. The molecule has 5 nitrogen and oxygen atoms in total. The van der Waals surface area contributed by atoms with Crippen molar-refractivity contribution in [1.82, 2.24) is 14.8 Å². The van der Waals surface area contributed by atoms with Gasteiger partial charge in [-0.2, -0.15) is 0 Å². The zero-order chi connectivity index (χ0) is 16.6. The highest BCUT2D eigenvalue weighted by Crippen LogP contribution is 2.35. The van der Waals surface area contributed by atoms with Gasteiger partial charge in [-0.25, -0.2) is 4.98 Å². The van der Waals surface area contributed by atoms with Gasteiger partial charge < -0.3 is 9.80 Å². The molecule has 3 rings (SSSR count). The standard InChI is InChI=1S/C17H25N3O2S/c1-11-18-16-13(5-4-6-15(16)23-11)9-19(3)17(22)14-7-8-20(10-14)12(2)21/h13-14H,4-10H2,1-3H3/t13-,14+/m0/s1. The fourth-order valence-corrected chi connectivity index (χ4v) is 4.85. The summed E-state index contributed by atoms with van der Waals surface area (Å²) in [5.74, 6) is 0.567. The Morgan fingerprint density at radius 3 is 2.87 bits per heavy atom. The van der Waals surface area contributed by atoms with E-state index in [1.807, 2.05) is 11.9 Å². The van der Waals surface area contributed by atoms with Crippen molar-refractivity contribution in [3.8, 4) is 0 Å². The monoisotopic (exact) mass is 335 g/mol. The molecule has 0 unspecified atom stereocenters. The molecule has 0 bridgehead atoms. The molecule has 0 N–H and O–H groups in total. The number of likely N-dealkylation sites (N-methyl/N-ethyl adjacent to an activating group) is 1. The number of fused-ring (bicyclic) bond motifs is 1. The lowest BCUT2D eigenvalue weighted by Crippen LogP contribution is -2.38. The molecule has 2 amide bonds. The summed E-state index contributed by atoms with van der Waals surface area (Å²) in [5, 5.41) is 1.13. The SMILES string of the molecule is CC(=O)N1CC[C@@H](C(=O)N(C)C[C@@H]2CCCc3sc(C)nc32)C1. The topological polar surface area (TPSA) is 53.5 Å². The van der Waals surface area contributed by atoms with Gasteiger partial charge in [0.25, 0.3) is 0 Å². The fraction of sp³-hybridized carbons (Fsp3) is 0.706. The second-order valence-corrected chi connectivity index (χ2v) is 8.09. The second-order valence-electron chi connectivity index (χ2n) is 6.80. The first-order valence-corrected chi connectivity index (χ1v) is 9.24. The molecule has 1 fully saturated rings. The van der Waals surface area contributed by atoms with Crippen LogP contribution < -0.4 is 0 Å². The average Bonchev–Trinajstić information content (AvgIpc) is 3.12. The third-order valence-electron chi connectivity index (χ3n) is 5.03. The number of likely N-dealkylation sites (tertiary alicyclic amines) is 1. The number of carbonyl (C=O) groups is 2. The molecule has 1 aliphatic heterocycles. The Morgan fingerprint density at radius 2 is 2.17 bits per heavy atom. The van der Waals surface area contributed by atoms with E-state index >= 15 is 0 Å². The lowest BCUT2D eigenvalue weighted by Gasteiger charge is -2.28. The summed E-state index contributed by atoms with van der Waals surface area (Å²) in [5.41, 5.74) is 1.22. The Bertz CT molecular complexity index is 613. The lowest BCUT2D eigenvalue weighted by atomic mass is 9.90. The first-order chi connectivity index (χ1) is 11.0. The summed E-state index contributed by atoms with van der Waals surface area (Å²) < 4.78 is 0. The maximum absolute atomic E-state index is 12.7. The van der Waals surface area contributed by atoms with Crippen molar-refractivity contribution in [2.45, 2.75) is 45.4 Å². The van der Waals surface area contributed by atoms with E-state index in [0.717, 1.165) is 30.8 Å². The molecule has 0 radical (unpaired) electrons. The van der Waals surface area contributed by atoms with Crippen LogP contribution in [0.1, 0.15) is 47.7 Å². The molecule has 2 atom stereocenters. The van der Waals surface area contributed by atoms with Gasteiger partial charge in [0, 0.05) is 44.4 Å². The molecular formula is C17H25N3O2S. The first kappa shape index (κ1) is 16.4. The van der Waals surface area contributed by atoms with Gasteiger partial charge in [-0.1, -0.05) is 0 Å². The highest BCUT2D eigenvalue weighted by molar-refractivity contribution is 7.11. The van der Waals surface area contributed by atoms with E-state index in [9.17, 15) is 9.59 Å². The van der Waals surface area contributed by atoms with E-state index in [-0.39, 0.29) is 17.7 Å². The van der Waals surface area contributed by atoms with E-state index in [1.54, 1.807) is 23.2 Å². The van der Waals surface area contributed by atoms with Gasteiger partial charge in [-0.15, -0.1) is 11.3 Å². The minimum Gasteiger partial charge on any atom is -0.345 e. The Hall–Kier alpha value is -1.43. The van der Waals surface area contributed by atoms with E-state index in [1.165, 1.54) is 17.0 Å². The van der Waals surface area contributed by atoms with E-state index in [4.69, 9.17) is 4.98 Å². The highest BCUT2D eigenvalue weighted by atomic mass is 32.1. The normalized spacial score (nSPS) is 23.7. The summed E-state index contributed by atoms with van der Waals surface area (Å²) in [4.78, 5) is 33.9. The van der Waals surface area contributed by atoms with Crippen molar-refractivity contribution in [2.75, 3.05) is 26.7 Å². The Labute approximate surface area is 141 Å². The summed E-state index contributed by atoms with van der Waals surface area (Å²) in [6.45, 7) is 5.66. The van der Waals surface area contributed by atoms with Crippen molar-refractivity contribution < 1.29 is 9.59 Å². The number of thiazole rings is 1. The van der Waals surface area contributed by atoms with E-state index in [2.05, 4.69) is 6.92 Å². The van der Waals surface area contributed by atoms with Crippen LogP contribution >= 0.6 is 11.3 Å². The Kier molecular flexibility index (Phi) is 4.71. The van der Waals surface area contributed by atoms with Gasteiger partial charge in [0.2, 0.25) is 11.8 Å². The first-order valence-electron chi connectivity index (χ1n) is 8.42. The van der Waals surface area contributed by atoms with Crippen LogP contribution in [0.15, 0.2) is 0 Å². The number of rotatable bonds is 3. The van der Waals surface area contributed by atoms with Gasteiger partial charge in [0.15, 0.2) is 0 Å². The van der Waals surface area contributed by atoms with E-state index in [0.29, 0.717) is 19.0 Å². The van der Waals surface area contributed by atoms with Crippen LogP contribution in [0.25, 0.3) is 0 Å². The molecule has 0 spiro atoms. The van der Waals surface area contributed by atoms with Crippen molar-refractivity contribution in [3.05, 3.63) is 15.6 Å². The highest BCUT2D eigenvalue weighted by Gasteiger charge is 2.33. The zero-order valence-corrected chi connectivity index (χ0v) is 15.0. The van der Waals surface area contributed by atoms with Gasteiger partial charge in [0.1, 0.15) is 0 Å². The number of amides is 2. The maximum Gasteiger partial charge on any atom is 0.227 e. The van der Waals surface area contributed by atoms with E-state index < -0.39 is 0 Å². The number of hydrogen-bond donors (Lipinski definition) is 0. The fourth-order valence-electron chi connectivity index (χ4n) is 3.79. The number of carbonyl (C=O) groups excluding carboxylic acids is 2. The van der Waals surface area contributed by atoms with Crippen molar-refractivity contribution in [2.24, 2.45) is 5.92 Å². The van der Waals surface area contributed by atoms with Crippen LogP contribution in [-0.4, -0.2) is 53.3 Å². The second kappa shape index (κ2) is 6.59. The molecular weight excluding hydrogens is 310 g/mol. The maximum atomic E-state index is 12.7. The molecule has 1 aromatic rings. The predicted molar refractivity (Wildman–Crippen MR) is 90.5 cm³/mol. The van der Waals surface area contributed by atoms with Crippen LogP contribution in [-0.2, 0) is 16.0 Å². The quantitative estimate of drug-likeness (QED) is 0.851. The van der Waals surface area contributed by atoms with Crippen LogP contribution in [0.3, 0.4) is 0 Å². The number of aromatic nitrogens is 1. The van der Waals surface area contributed by atoms with Crippen molar-refractivity contribution >= 4 is 23.2 Å². The molecule has 6 heteroatoms. The van der Waals surface area contributed by atoms with Gasteiger partial charge >= 0.3 is 0 Å². The Morgan fingerprint density at radius 1 is 1.39 bits per heavy atom. The molecule has 0 saturated carbocycles. The van der Waals surface area contributed by atoms with Crippen LogP contribution in [0.4, 0.5) is 0 Å². The minimum atomic E-state index is -0.0378. The average molecular weight is 335 g/mol. The zero-order valence-electron chi connectivity index (χ0n) is 14.2. The van der Waals surface area contributed by atoms with Crippen LogP contribution in [0.5, 0.6) is 0 Å². The van der Waals surface area contributed by atoms with Crippen LogP contribution in [0.2, 0.25) is 0 Å². The Balaban J connectivity index is 1.62. The summed E-state index contributed by atoms with van der Waals surface area (Å²) >= 11 is 1.80. The third-order valence-corrected chi connectivity index (χ3v) is 6.08. The van der Waals surface area contributed by atoms with Gasteiger partial charge in [-0.05, 0) is 32.6 Å². The van der Waals surface area contributed by atoms with Gasteiger partial charge in [-0.3, -0.25) is 9.59 Å². The van der Waals surface area contributed by atoms with Gasteiger partial charge in [0.05, 0.1) is 16.6 Å². The number of aryl methyl sites for hydroxylation is 2. The van der Waals surface area contributed by atoms with Crippen molar-refractivity contribution in [3.63, 3.8) is 0 Å². The molecule has 1 saturated heterocycles. The molecule has 0 aromatic carbocycles. The number of hydrogen-bond acceptors (Lipinski definition) is 4. The smallest absolute Gasteiger partial charge is 0.227 e. The largest absolute Gasteiger partial charge is 0.345 e. The molecule has 1 aromatic heterocycles. The number of nitrogens with zero attached hydrogens (tertiary/aromatic N) is 3. The molecule has 2 heterocycles. The molecule has 2 aliphatic rings. The minimum absolute atomic E-state index is 0.0378. The molecule has 23 heavy (non-hydrogen) atoms. The predicted octanol–water partition coefficient (Wildman–Crippen LogP) is 2.20. The molecule has 1 aliphatic carbocycles. The summed E-state index contributed by atoms with van der Waals surface area (Å²) in [6, 6.07) is 0. The van der Waals surface area contributed by atoms with Crippen LogP contribution in [0, 0.1) is 12.8 Å². The summed E-state index contributed by atoms with van der Waals surface area (Å²) in [6.07, 6.45) is 4.21. The summed E-state index contributed by atoms with van der Waals surface area (Å²) in [7, 11) is 1.90. The lowest BCUT2D eigenvalue weighted by molar-refractivity contribution is -0.134. The van der Waals surface area contributed by atoms with Crippen molar-refractivity contribution in [1.29, 1.82) is 0 Å². The third kappa shape index (κ3) is 3.42.